The van der Waals surface area contributed by atoms with Crippen LogP contribution >= 0.6 is 23.9 Å². The molecular formula is C3H4ClN3OS. The zero-order valence-corrected chi connectivity index (χ0v) is 5.91. The van der Waals surface area contributed by atoms with Gasteiger partial charge in [0.25, 0.3) is 5.91 Å². The van der Waals surface area contributed by atoms with E-state index in [2.05, 4.69) is 9.59 Å². The molecule has 50 valence electrons. The molecule has 0 spiro atoms. The molecule has 0 aromatic carbocycles. The molecule has 0 unspecified atom stereocenters. The van der Waals surface area contributed by atoms with Crippen LogP contribution in [-0.4, -0.2) is 15.5 Å². The highest BCUT2D eigenvalue weighted by atomic mass is 35.5. The number of aromatic nitrogens is 2. The van der Waals surface area contributed by atoms with E-state index in [0.29, 0.717) is 4.88 Å². The predicted octanol–water partition coefficient (Wildman–Crippen LogP) is 0.0588. The van der Waals surface area contributed by atoms with Gasteiger partial charge in [-0.05, 0) is 11.5 Å². The van der Waals surface area contributed by atoms with E-state index in [1.807, 2.05) is 0 Å². The predicted molar refractivity (Wildman–Crippen MR) is 35.7 cm³/mol. The highest BCUT2D eigenvalue weighted by molar-refractivity contribution is 7.07. The Labute approximate surface area is 61.6 Å². The summed E-state index contributed by atoms with van der Waals surface area (Å²) in [5.74, 6) is -0.472. The molecule has 0 aliphatic rings. The van der Waals surface area contributed by atoms with Crippen molar-refractivity contribution in [3.63, 3.8) is 0 Å². The van der Waals surface area contributed by atoms with Crippen molar-refractivity contribution in [2.75, 3.05) is 0 Å². The smallest absolute Gasteiger partial charge is 0.262 e. The summed E-state index contributed by atoms with van der Waals surface area (Å²) in [5, 5.41) is 3.41. The largest absolute Gasteiger partial charge is 0.365 e. The number of carbonyl (C=O) groups is 1. The van der Waals surface area contributed by atoms with Gasteiger partial charge in [0.2, 0.25) is 0 Å². The molecule has 1 amide bonds. The van der Waals surface area contributed by atoms with Crippen LogP contribution in [0.4, 0.5) is 0 Å². The lowest BCUT2D eigenvalue weighted by molar-refractivity contribution is 0.100. The third kappa shape index (κ3) is 1.95. The summed E-state index contributed by atoms with van der Waals surface area (Å²) >= 11 is 0.995. The van der Waals surface area contributed by atoms with Crippen LogP contribution in [0.5, 0.6) is 0 Å². The fraction of sp³-hybridized carbons (Fsp3) is 0. The number of carbonyl (C=O) groups excluding carboxylic acids is 1. The van der Waals surface area contributed by atoms with Crippen LogP contribution in [0.1, 0.15) is 9.67 Å². The fourth-order valence-corrected chi connectivity index (χ4v) is 0.642. The summed E-state index contributed by atoms with van der Waals surface area (Å²) < 4.78 is 3.43. The van der Waals surface area contributed by atoms with E-state index in [4.69, 9.17) is 5.73 Å². The van der Waals surface area contributed by atoms with Crippen molar-refractivity contribution >= 4 is 29.8 Å². The second kappa shape index (κ2) is 3.37. The third-order valence-electron chi connectivity index (χ3n) is 0.604. The minimum Gasteiger partial charge on any atom is -0.365 e. The van der Waals surface area contributed by atoms with Gasteiger partial charge in [0.05, 0.1) is 6.20 Å². The standard InChI is InChI=1S/C3H3N3OS.ClH/c4-3(7)2-1-5-6-8-2;/h1H,(H2,4,7);1H. The number of rotatable bonds is 1. The van der Waals surface area contributed by atoms with Crippen molar-refractivity contribution < 1.29 is 4.79 Å². The summed E-state index contributed by atoms with van der Waals surface area (Å²) in [7, 11) is 0. The van der Waals surface area contributed by atoms with Crippen LogP contribution in [-0.2, 0) is 0 Å². The van der Waals surface area contributed by atoms with Crippen molar-refractivity contribution in [2.45, 2.75) is 0 Å². The number of halogens is 1. The van der Waals surface area contributed by atoms with Crippen LogP contribution < -0.4 is 5.73 Å². The number of hydrogen-bond donors (Lipinski definition) is 1. The zero-order valence-electron chi connectivity index (χ0n) is 4.27. The Kier molecular flexibility index (Phi) is 3.11. The summed E-state index contributed by atoms with van der Waals surface area (Å²) in [6.07, 6.45) is 1.34. The first kappa shape index (κ1) is 8.32. The third-order valence-corrected chi connectivity index (χ3v) is 1.28. The molecule has 0 atom stereocenters. The number of amides is 1. The topological polar surface area (TPSA) is 68.9 Å². The summed E-state index contributed by atoms with van der Waals surface area (Å²) in [4.78, 5) is 10.6. The van der Waals surface area contributed by atoms with Crippen molar-refractivity contribution in [3.05, 3.63) is 11.1 Å². The number of primary amides is 1. The minimum atomic E-state index is -0.472. The SMILES string of the molecule is Cl.NC(=O)c1cnns1. The minimum absolute atomic E-state index is 0. The normalized spacial score (nSPS) is 8.00. The van der Waals surface area contributed by atoms with Crippen molar-refractivity contribution in [2.24, 2.45) is 5.73 Å². The molecule has 0 bridgehead atoms. The van der Waals surface area contributed by atoms with Gasteiger partial charge in [-0.15, -0.1) is 17.5 Å². The lowest BCUT2D eigenvalue weighted by Gasteiger charge is -1.76. The van der Waals surface area contributed by atoms with Gasteiger partial charge in [0.1, 0.15) is 4.88 Å². The van der Waals surface area contributed by atoms with Gasteiger partial charge in [-0.1, -0.05) is 4.49 Å². The average molecular weight is 166 g/mol. The Hall–Kier alpha value is -0.680. The molecule has 1 aromatic rings. The fourth-order valence-electron chi connectivity index (χ4n) is 0.276. The van der Waals surface area contributed by atoms with Gasteiger partial charge in [-0.2, -0.15) is 0 Å². The monoisotopic (exact) mass is 165 g/mol. The van der Waals surface area contributed by atoms with Gasteiger partial charge in [0.15, 0.2) is 0 Å². The van der Waals surface area contributed by atoms with E-state index < -0.39 is 5.91 Å². The molecule has 9 heavy (non-hydrogen) atoms. The van der Waals surface area contributed by atoms with Crippen molar-refractivity contribution in [1.29, 1.82) is 0 Å². The van der Waals surface area contributed by atoms with Crippen LogP contribution in [0.25, 0.3) is 0 Å². The highest BCUT2D eigenvalue weighted by Gasteiger charge is 1.99. The molecule has 6 heteroatoms. The molecule has 0 fully saturated rings. The number of nitrogens with two attached hydrogens (primary N) is 1. The number of hydrogen-bond acceptors (Lipinski definition) is 4. The second-order valence-corrected chi connectivity index (χ2v) is 1.93. The maximum Gasteiger partial charge on any atom is 0.262 e. The van der Waals surface area contributed by atoms with E-state index in [-0.39, 0.29) is 12.4 Å². The van der Waals surface area contributed by atoms with Gasteiger partial charge >= 0.3 is 0 Å². The van der Waals surface area contributed by atoms with E-state index in [9.17, 15) is 4.79 Å². The van der Waals surface area contributed by atoms with Crippen LogP contribution in [0.2, 0.25) is 0 Å². The summed E-state index contributed by atoms with van der Waals surface area (Å²) in [6, 6.07) is 0. The molecule has 2 N–H and O–H groups in total. The van der Waals surface area contributed by atoms with E-state index in [1.54, 1.807) is 0 Å². The van der Waals surface area contributed by atoms with E-state index >= 15 is 0 Å². The quantitative estimate of drug-likeness (QED) is 0.640. The molecule has 4 nitrogen and oxygen atoms in total. The number of nitrogens with zero attached hydrogens (tertiary/aromatic N) is 2. The molecule has 0 aliphatic heterocycles. The maximum atomic E-state index is 10.2. The average Bonchev–Trinajstić information content (AvgIpc) is 2.12. The Morgan fingerprint density at radius 1 is 1.78 bits per heavy atom. The first-order valence-corrected chi connectivity index (χ1v) is 2.65. The zero-order chi connectivity index (χ0) is 5.98. The summed E-state index contributed by atoms with van der Waals surface area (Å²) in [6.45, 7) is 0. The molecule has 1 aromatic heterocycles. The molecule has 0 aliphatic carbocycles. The van der Waals surface area contributed by atoms with Crippen LogP contribution in [0.3, 0.4) is 0 Å². The lowest BCUT2D eigenvalue weighted by Crippen LogP contribution is -2.08. The van der Waals surface area contributed by atoms with Gasteiger partial charge < -0.3 is 5.73 Å². The Morgan fingerprint density at radius 2 is 2.44 bits per heavy atom. The molecular weight excluding hydrogens is 162 g/mol. The maximum absolute atomic E-state index is 10.2. The Balaban J connectivity index is 0.000000640. The van der Waals surface area contributed by atoms with Gasteiger partial charge in [0, 0.05) is 0 Å². The molecule has 0 saturated carbocycles. The van der Waals surface area contributed by atoms with E-state index in [0.717, 1.165) is 11.5 Å². The molecule has 1 heterocycles. The lowest BCUT2D eigenvalue weighted by atomic mass is 10.5. The second-order valence-electron chi connectivity index (χ2n) is 1.15. The Bertz CT molecular complexity index is 187. The van der Waals surface area contributed by atoms with Crippen LogP contribution in [0.15, 0.2) is 6.20 Å². The van der Waals surface area contributed by atoms with Crippen molar-refractivity contribution in [3.8, 4) is 0 Å². The molecule has 0 saturated heterocycles. The van der Waals surface area contributed by atoms with Gasteiger partial charge in [-0.25, -0.2) is 0 Å². The molecule has 1 rings (SSSR count). The molecule has 0 radical (unpaired) electrons. The first-order chi connectivity index (χ1) is 3.80. The van der Waals surface area contributed by atoms with Crippen molar-refractivity contribution in [1.82, 2.24) is 9.59 Å². The summed E-state index contributed by atoms with van der Waals surface area (Å²) in [5.41, 5.74) is 4.85. The van der Waals surface area contributed by atoms with E-state index in [1.165, 1.54) is 6.20 Å². The van der Waals surface area contributed by atoms with Crippen LogP contribution in [0, 0.1) is 0 Å². The first-order valence-electron chi connectivity index (χ1n) is 1.88. The Morgan fingerprint density at radius 3 is 2.67 bits per heavy atom. The highest BCUT2D eigenvalue weighted by Crippen LogP contribution is 1.97. The van der Waals surface area contributed by atoms with Gasteiger partial charge in [-0.3, -0.25) is 4.79 Å².